The van der Waals surface area contributed by atoms with E-state index in [1.807, 2.05) is 0 Å². The summed E-state index contributed by atoms with van der Waals surface area (Å²) in [6, 6.07) is 5.89. The Labute approximate surface area is 158 Å². The van der Waals surface area contributed by atoms with Crippen LogP contribution < -0.4 is 11.2 Å². The lowest BCUT2D eigenvalue weighted by Crippen LogP contribution is -2.33. The van der Waals surface area contributed by atoms with Gasteiger partial charge in [-0.3, -0.25) is 14.3 Å². The van der Waals surface area contributed by atoms with Gasteiger partial charge in [-0.25, -0.2) is 13.9 Å². The van der Waals surface area contributed by atoms with Crippen molar-refractivity contribution in [1.29, 1.82) is 0 Å². The minimum Gasteiger partial charge on any atom is -0.390 e. The number of rotatable bonds is 4. The Morgan fingerprint density at radius 3 is 2.79 bits per heavy atom. The number of nitrogens with zero attached hydrogens (tertiary/aromatic N) is 4. The molecular formula is C18H18FN5O4. The van der Waals surface area contributed by atoms with Gasteiger partial charge in [-0.05, 0) is 31.2 Å². The second-order valence-corrected chi connectivity index (χ2v) is 6.74. The summed E-state index contributed by atoms with van der Waals surface area (Å²) in [5.74, 6) is -0.336. The zero-order chi connectivity index (χ0) is 19.8. The predicted octanol–water partition coefficient (Wildman–Crippen LogP) is 0.591. The maximum Gasteiger partial charge on any atom is 0.330 e. The van der Waals surface area contributed by atoms with E-state index >= 15 is 0 Å². The number of aromatic nitrogens is 5. The van der Waals surface area contributed by atoms with Crippen molar-refractivity contribution in [3.63, 3.8) is 0 Å². The Kier molecular flexibility index (Phi) is 4.65. The molecule has 4 rings (SSSR count). The average Bonchev–Trinajstić information content (AvgIpc) is 3.26. The predicted molar refractivity (Wildman–Crippen MR) is 96.0 cm³/mol. The van der Waals surface area contributed by atoms with Gasteiger partial charge in [0.15, 0.2) is 0 Å². The van der Waals surface area contributed by atoms with Crippen molar-refractivity contribution in [2.75, 3.05) is 0 Å². The number of nitrogens with one attached hydrogen (secondary N) is 1. The van der Waals surface area contributed by atoms with E-state index in [-0.39, 0.29) is 18.8 Å². The Balaban J connectivity index is 1.49. The monoisotopic (exact) mass is 387 g/mol. The van der Waals surface area contributed by atoms with E-state index in [4.69, 9.17) is 4.74 Å². The number of halogens is 1. The third-order valence-corrected chi connectivity index (χ3v) is 4.71. The molecule has 0 amide bonds. The van der Waals surface area contributed by atoms with Gasteiger partial charge in [-0.1, -0.05) is 5.21 Å². The summed E-state index contributed by atoms with van der Waals surface area (Å²) in [5.41, 5.74) is 0.617. The van der Waals surface area contributed by atoms with Crippen molar-refractivity contribution < 1.29 is 14.2 Å². The minimum absolute atomic E-state index is 0.204. The maximum atomic E-state index is 13.0. The second-order valence-electron chi connectivity index (χ2n) is 6.74. The fourth-order valence-corrected chi connectivity index (χ4v) is 3.18. The molecule has 0 unspecified atom stereocenters. The van der Waals surface area contributed by atoms with Crippen LogP contribution in [0.15, 0.2) is 46.2 Å². The Morgan fingerprint density at radius 2 is 2.04 bits per heavy atom. The number of hydrogen-bond donors (Lipinski definition) is 2. The third-order valence-electron chi connectivity index (χ3n) is 4.71. The molecule has 0 bridgehead atoms. The van der Waals surface area contributed by atoms with Crippen molar-refractivity contribution >= 4 is 0 Å². The minimum atomic E-state index is -0.817. The van der Waals surface area contributed by atoms with Crippen LogP contribution >= 0.6 is 0 Å². The Morgan fingerprint density at radius 1 is 1.29 bits per heavy atom. The summed E-state index contributed by atoms with van der Waals surface area (Å²) in [7, 11) is 0. The average molecular weight is 387 g/mol. The number of aryl methyl sites for hydroxylation is 1. The van der Waals surface area contributed by atoms with Gasteiger partial charge in [0.2, 0.25) is 0 Å². The third kappa shape index (κ3) is 3.51. The van der Waals surface area contributed by atoms with Crippen LogP contribution in [-0.2, 0) is 11.3 Å². The molecule has 1 aromatic carbocycles. The standard InChI is InChI=1S/C18H18FN5O4/c1-10-7-24(18(27)20-17(10)26)16-6-14(25)15(28-16)9-23-8-13(21-22-23)11-2-4-12(19)5-3-11/h2-5,7-8,14-16,25H,6,9H2,1H3,(H,20,26,27)/t14-,15+,16+/m0/s1. The second kappa shape index (κ2) is 7.13. The number of hydrogen-bond acceptors (Lipinski definition) is 6. The van der Waals surface area contributed by atoms with E-state index < -0.39 is 29.7 Å². The van der Waals surface area contributed by atoms with E-state index in [2.05, 4.69) is 15.3 Å². The first-order valence-corrected chi connectivity index (χ1v) is 8.72. The Bertz CT molecular complexity index is 1100. The summed E-state index contributed by atoms with van der Waals surface area (Å²) in [4.78, 5) is 25.8. The van der Waals surface area contributed by atoms with Crippen molar-refractivity contribution in [3.05, 3.63) is 68.9 Å². The van der Waals surface area contributed by atoms with Crippen LogP contribution in [-0.4, -0.2) is 41.9 Å². The highest BCUT2D eigenvalue weighted by Gasteiger charge is 2.36. The molecule has 0 saturated carbocycles. The molecule has 3 heterocycles. The molecule has 1 fully saturated rings. The van der Waals surface area contributed by atoms with Gasteiger partial charge < -0.3 is 9.84 Å². The van der Waals surface area contributed by atoms with Crippen LogP contribution in [0.4, 0.5) is 4.39 Å². The van der Waals surface area contributed by atoms with Gasteiger partial charge in [0.25, 0.3) is 5.56 Å². The van der Waals surface area contributed by atoms with Gasteiger partial charge in [0.05, 0.1) is 18.8 Å². The zero-order valence-electron chi connectivity index (χ0n) is 14.9. The van der Waals surface area contributed by atoms with Crippen LogP contribution in [0.2, 0.25) is 0 Å². The normalized spacial score (nSPS) is 21.9. The largest absolute Gasteiger partial charge is 0.390 e. The number of aliphatic hydroxyl groups is 1. The number of ether oxygens (including phenoxy) is 1. The first kappa shape index (κ1) is 18.3. The molecule has 1 saturated heterocycles. The van der Waals surface area contributed by atoms with Crippen molar-refractivity contribution in [3.8, 4) is 11.3 Å². The SMILES string of the molecule is Cc1cn([C@H]2C[C@H](O)[C@@H](Cn3cc(-c4ccc(F)cc4)nn3)O2)c(=O)[nH]c1=O. The summed E-state index contributed by atoms with van der Waals surface area (Å²) >= 11 is 0. The van der Waals surface area contributed by atoms with Gasteiger partial charge in [-0.2, -0.15) is 0 Å². The lowest BCUT2D eigenvalue weighted by atomic mass is 10.1. The van der Waals surface area contributed by atoms with Crippen LogP contribution in [0.5, 0.6) is 0 Å². The highest BCUT2D eigenvalue weighted by atomic mass is 19.1. The number of benzene rings is 1. The van der Waals surface area contributed by atoms with Crippen molar-refractivity contribution in [1.82, 2.24) is 24.5 Å². The van der Waals surface area contributed by atoms with Crippen LogP contribution in [0.3, 0.4) is 0 Å². The molecule has 10 heteroatoms. The smallest absolute Gasteiger partial charge is 0.330 e. The molecule has 28 heavy (non-hydrogen) atoms. The van der Waals surface area contributed by atoms with E-state index in [0.29, 0.717) is 16.8 Å². The molecule has 1 aliphatic heterocycles. The number of aliphatic hydroxyl groups excluding tert-OH is 1. The van der Waals surface area contributed by atoms with E-state index in [9.17, 15) is 19.1 Å². The van der Waals surface area contributed by atoms with Crippen LogP contribution in [0.25, 0.3) is 11.3 Å². The number of H-pyrrole nitrogens is 1. The van der Waals surface area contributed by atoms with Crippen LogP contribution in [0, 0.1) is 12.7 Å². The van der Waals surface area contributed by atoms with Gasteiger partial charge in [0, 0.05) is 23.7 Å². The lowest BCUT2D eigenvalue weighted by molar-refractivity contribution is -0.0302. The highest BCUT2D eigenvalue weighted by molar-refractivity contribution is 5.57. The summed E-state index contributed by atoms with van der Waals surface area (Å²) in [6.45, 7) is 1.81. The molecule has 0 aliphatic carbocycles. The Hall–Kier alpha value is -3.11. The first-order chi connectivity index (χ1) is 13.4. The molecule has 0 spiro atoms. The van der Waals surface area contributed by atoms with Gasteiger partial charge >= 0.3 is 5.69 Å². The zero-order valence-corrected chi connectivity index (χ0v) is 14.9. The topological polar surface area (TPSA) is 115 Å². The van der Waals surface area contributed by atoms with Crippen molar-refractivity contribution in [2.24, 2.45) is 0 Å². The lowest BCUT2D eigenvalue weighted by Gasteiger charge is -2.16. The summed E-state index contributed by atoms with van der Waals surface area (Å²) in [6.07, 6.45) is 1.18. The first-order valence-electron chi connectivity index (χ1n) is 8.72. The quantitative estimate of drug-likeness (QED) is 0.677. The van der Waals surface area contributed by atoms with Gasteiger partial charge in [-0.15, -0.1) is 5.10 Å². The van der Waals surface area contributed by atoms with Crippen LogP contribution in [0.1, 0.15) is 18.2 Å². The highest BCUT2D eigenvalue weighted by Crippen LogP contribution is 2.28. The summed E-state index contributed by atoms with van der Waals surface area (Å²) < 4.78 is 21.7. The molecular weight excluding hydrogens is 369 g/mol. The molecule has 1 aliphatic rings. The van der Waals surface area contributed by atoms with E-state index in [0.717, 1.165) is 0 Å². The molecule has 146 valence electrons. The number of aromatic amines is 1. The molecule has 3 aromatic rings. The fourth-order valence-electron chi connectivity index (χ4n) is 3.18. The molecule has 3 atom stereocenters. The molecule has 2 aromatic heterocycles. The van der Waals surface area contributed by atoms with E-state index in [1.54, 1.807) is 25.3 Å². The fraction of sp³-hybridized carbons (Fsp3) is 0.333. The van der Waals surface area contributed by atoms with E-state index in [1.165, 1.54) is 27.6 Å². The maximum absolute atomic E-state index is 13.0. The molecule has 2 N–H and O–H groups in total. The van der Waals surface area contributed by atoms with Gasteiger partial charge in [0.1, 0.15) is 23.8 Å². The van der Waals surface area contributed by atoms with Crippen molar-refractivity contribution in [2.45, 2.75) is 38.3 Å². The summed E-state index contributed by atoms with van der Waals surface area (Å²) in [5, 5.41) is 18.4. The molecule has 9 nitrogen and oxygen atoms in total. The molecule has 0 radical (unpaired) electrons.